The molecule has 0 spiro atoms. The van der Waals surface area contributed by atoms with Crippen molar-refractivity contribution in [1.29, 1.82) is 0 Å². The maximum atomic E-state index is 8.38. The first-order valence-corrected chi connectivity index (χ1v) is 3.03. The second-order valence-electron chi connectivity index (χ2n) is 2.13. The first-order valence-electron chi connectivity index (χ1n) is 3.03. The highest BCUT2D eigenvalue weighted by Gasteiger charge is 1.97. The molecule has 0 bridgehead atoms. The summed E-state index contributed by atoms with van der Waals surface area (Å²) in [6, 6.07) is 0. The van der Waals surface area contributed by atoms with Crippen molar-refractivity contribution in [3.8, 4) is 0 Å². The molecular formula is C6H14O2. The van der Waals surface area contributed by atoms with Crippen LogP contribution in [0.5, 0.6) is 0 Å². The molecule has 0 aromatic carbocycles. The van der Waals surface area contributed by atoms with E-state index in [1.165, 1.54) is 0 Å². The Kier molecular flexibility index (Phi) is 5.01. The van der Waals surface area contributed by atoms with Crippen LogP contribution in [0.3, 0.4) is 0 Å². The van der Waals surface area contributed by atoms with Gasteiger partial charge in [-0.1, -0.05) is 6.92 Å². The monoisotopic (exact) mass is 118 g/mol. The molecule has 2 heteroatoms. The average molecular weight is 118 g/mol. The first kappa shape index (κ1) is 7.92. The van der Waals surface area contributed by atoms with Gasteiger partial charge in [-0.05, 0) is 18.8 Å². The number of aliphatic hydroxyl groups is 2. The average Bonchev–Trinajstić information content (AvgIpc) is 1.68. The number of rotatable bonds is 4. The van der Waals surface area contributed by atoms with Crippen LogP contribution in [0.25, 0.3) is 0 Å². The molecule has 0 aliphatic heterocycles. The molecule has 8 heavy (non-hydrogen) atoms. The molecule has 0 aromatic rings. The van der Waals surface area contributed by atoms with Crippen LogP contribution >= 0.6 is 0 Å². The van der Waals surface area contributed by atoms with E-state index in [-0.39, 0.29) is 13.2 Å². The molecule has 0 rings (SSSR count). The minimum Gasteiger partial charge on any atom is -0.396 e. The molecule has 0 amide bonds. The van der Waals surface area contributed by atoms with Crippen LogP contribution in [0.1, 0.15) is 19.8 Å². The summed E-state index contributed by atoms with van der Waals surface area (Å²) in [6.45, 7) is 2.49. The van der Waals surface area contributed by atoms with E-state index in [4.69, 9.17) is 10.2 Å². The van der Waals surface area contributed by atoms with E-state index in [0.29, 0.717) is 5.92 Å². The maximum absolute atomic E-state index is 8.38. The van der Waals surface area contributed by atoms with Crippen molar-refractivity contribution in [2.45, 2.75) is 19.8 Å². The van der Waals surface area contributed by atoms with Crippen LogP contribution in [0.2, 0.25) is 0 Å². The fourth-order valence-corrected chi connectivity index (χ4v) is 0.585. The van der Waals surface area contributed by atoms with Crippen molar-refractivity contribution < 1.29 is 10.2 Å². The Balaban J connectivity index is 2.92. The summed E-state index contributed by atoms with van der Waals surface area (Å²) < 4.78 is 0. The Labute approximate surface area is 50.2 Å². The summed E-state index contributed by atoms with van der Waals surface area (Å²) in [5.74, 6) is 0.463. The summed E-state index contributed by atoms with van der Waals surface area (Å²) in [5.41, 5.74) is 0. The Hall–Kier alpha value is -0.0800. The zero-order chi connectivity index (χ0) is 6.41. The van der Waals surface area contributed by atoms with Crippen LogP contribution in [-0.4, -0.2) is 23.4 Å². The van der Waals surface area contributed by atoms with Gasteiger partial charge in [0, 0.05) is 13.2 Å². The second kappa shape index (κ2) is 5.06. The normalized spacial score (nSPS) is 10.5. The predicted octanol–water partition coefficient (Wildman–Crippen LogP) is 0.387. The summed E-state index contributed by atoms with van der Waals surface area (Å²) in [6.07, 6.45) is 1.61. The van der Waals surface area contributed by atoms with E-state index < -0.39 is 0 Å². The molecule has 2 N–H and O–H groups in total. The highest BCUT2D eigenvalue weighted by molar-refractivity contribution is 4.49. The van der Waals surface area contributed by atoms with Crippen molar-refractivity contribution >= 4 is 0 Å². The van der Waals surface area contributed by atoms with Crippen molar-refractivity contribution in [1.82, 2.24) is 0 Å². The van der Waals surface area contributed by atoms with Crippen molar-refractivity contribution in [2.24, 2.45) is 5.92 Å². The van der Waals surface area contributed by atoms with Crippen LogP contribution in [0.15, 0.2) is 0 Å². The molecule has 0 saturated heterocycles. The lowest BCUT2D eigenvalue weighted by Gasteiger charge is -2.04. The molecule has 0 saturated carbocycles. The third-order valence-electron chi connectivity index (χ3n) is 1.24. The number of hydrogen-bond donors (Lipinski definition) is 2. The van der Waals surface area contributed by atoms with Gasteiger partial charge in [0.1, 0.15) is 0 Å². The lowest BCUT2D eigenvalue weighted by Crippen LogP contribution is -1.99. The lowest BCUT2D eigenvalue weighted by molar-refractivity contribution is 0.223. The molecule has 0 unspecified atom stereocenters. The molecular weight excluding hydrogens is 104 g/mol. The van der Waals surface area contributed by atoms with Gasteiger partial charge in [0.05, 0.1) is 0 Å². The maximum Gasteiger partial charge on any atom is 0.0433 e. The van der Waals surface area contributed by atoms with Crippen LogP contribution in [-0.2, 0) is 0 Å². The van der Waals surface area contributed by atoms with Gasteiger partial charge in [0.15, 0.2) is 0 Å². The first-order chi connectivity index (χ1) is 3.81. The van der Waals surface area contributed by atoms with Gasteiger partial charge in [-0.2, -0.15) is 0 Å². The molecule has 0 radical (unpaired) electrons. The van der Waals surface area contributed by atoms with E-state index in [1.54, 1.807) is 0 Å². The molecule has 0 aliphatic carbocycles. The van der Waals surface area contributed by atoms with Crippen LogP contribution in [0, 0.1) is 5.92 Å². The third-order valence-corrected chi connectivity index (χ3v) is 1.24. The summed E-state index contributed by atoms with van der Waals surface area (Å²) in [4.78, 5) is 0. The SMILES string of the molecule is CC(CCO)CCO. The molecule has 0 aromatic heterocycles. The summed E-state index contributed by atoms with van der Waals surface area (Å²) in [7, 11) is 0. The van der Waals surface area contributed by atoms with Gasteiger partial charge in [0.25, 0.3) is 0 Å². The molecule has 0 heterocycles. The number of hydrogen-bond acceptors (Lipinski definition) is 2. The van der Waals surface area contributed by atoms with Gasteiger partial charge in [-0.25, -0.2) is 0 Å². The number of aliphatic hydroxyl groups excluding tert-OH is 2. The highest BCUT2D eigenvalue weighted by Crippen LogP contribution is 2.03. The molecule has 2 nitrogen and oxygen atoms in total. The third kappa shape index (κ3) is 4.09. The Morgan fingerprint density at radius 1 is 1.12 bits per heavy atom. The standard InChI is InChI=1S/C6H14O2/c1-6(2-4-7)3-5-8/h6-8H,2-5H2,1H3. The van der Waals surface area contributed by atoms with Gasteiger partial charge in [-0.15, -0.1) is 0 Å². The highest BCUT2D eigenvalue weighted by atomic mass is 16.3. The summed E-state index contributed by atoms with van der Waals surface area (Å²) in [5, 5.41) is 16.8. The van der Waals surface area contributed by atoms with Crippen molar-refractivity contribution in [3.05, 3.63) is 0 Å². The predicted molar refractivity (Wildman–Crippen MR) is 32.6 cm³/mol. The molecule has 0 fully saturated rings. The zero-order valence-corrected chi connectivity index (χ0v) is 5.30. The Morgan fingerprint density at radius 3 is 1.75 bits per heavy atom. The Bertz CT molecular complexity index is 39.8. The molecule has 0 aliphatic rings. The van der Waals surface area contributed by atoms with Crippen LogP contribution in [0.4, 0.5) is 0 Å². The van der Waals surface area contributed by atoms with E-state index in [0.717, 1.165) is 12.8 Å². The van der Waals surface area contributed by atoms with Gasteiger partial charge in [-0.3, -0.25) is 0 Å². The van der Waals surface area contributed by atoms with Gasteiger partial charge < -0.3 is 10.2 Å². The van der Waals surface area contributed by atoms with Crippen molar-refractivity contribution in [2.75, 3.05) is 13.2 Å². The van der Waals surface area contributed by atoms with E-state index >= 15 is 0 Å². The summed E-state index contributed by atoms with van der Waals surface area (Å²) >= 11 is 0. The largest absolute Gasteiger partial charge is 0.396 e. The van der Waals surface area contributed by atoms with E-state index in [1.807, 2.05) is 6.92 Å². The zero-order valence-electron chi connectivity index (χ0n) is 5.30. The fourth-order valence-electron chi connectivity index (χ4n) is 0.585. The van der Waals surface area contributed by atoms with E-state index in [9.17, 15) is 0 Å². The van der Waals surface area contributed by atoms with Gasteiger partial charge >= 0.3 is 0 Å². The minimum absolute atomic E-state index is 0.237. The molecule has 0 atom stereocenters. The smallest absolute Gasteiger partial charge is 0.0433 e. The fraction of sp³-hybridized carbons (Fsp3) is 1.00. The Morgan fingerprint density at radius 2 is 1.50 bits per heavy atom. The topological polar surface area (TPSA) is 40.5 Å². The molecule has 50 valence electrons. The lowest BCUT2D eigenvalue weighted by atomic mass is 10.1. The van der Waals surface area contributed by atoms with Crippen molar-refractivity contribution in [3.63, 3.8) is 0 Å². The van der Waals surface area contributed by atoms with Crippen LogP contribution < -0.4 is 0 Å². The van der Waals surface area contributed by atoms with E-state index in [2.05, 4.69) is 0 Å². The van der Waals surface area contributed by atoms with Gasteiger partial charge in [0.2, 0.25) is 0 Å². The second-order valence-corrected chi connectivity index (χ2v) is 2.13. The quantitative estimate of drug-likeness (QED) is 0.560. The minimum atomic E-state index is 0.237.